The van der Waals surface area contributed by atoms with Gasteiger partial charge in [0.05, 0.1) is 11.1 Å². The van der Waals surface area contributed by atoms with Crippen LogP contribution in [0, 0.1) is 22.0 Å². The fraction of sp³-hybridized carbons (Fsp3) is 0.381. The number of nitro groups is 1. The summed E-state index contributed by atoms with van der Waals surface area (Å²) in [4.78, 5) is 29.0. The smallest absolute Gasteiger partial charge is 0.271 e. The van der Waals surface area contributed by atoms with Gasteiger partial charge in [0.2, 0.25) is 0 Å². The van der Waals surface area contributed by atoms with Crippen LogP contribution in [0.25, 0.3) is 0 Å². The van der Waals surface area contributed by atoms with Crippen LogP contribution in [-0.2, 0) is 0 Å². The van der Waals surface area contributed by atoms with Gasteiger partial charge < -0.3 is 4.90 Å². The molecule has 154 valence electrons. The Morgan fingerprint density at radius 2 is 1.79 bits per heavy atom. The van der Waals surface area contributed by atoms with E-state index in [1.54, 1.807) is 18.2 Å². The van der Waals surface area contributed by atoms with Crippen LogP contribution in [0.3, 0.4) is 0 Å². The Hall–Kier alpha value is -3.29. The Bertz CT molecular complexity index is 856. The predicted octanol–water partition coefficient (Wildman–Crippen LogP) is 3.87. The van der Waals surface area contributed by atoms with Gasteiger partial charge in [-0.05, 0) is 30.0 Å². The van der Waals surface area contributed by atoms with Crippen LogP contribution < -0.4 is 10.3 Å². The number of hydrogen-bond acceptors (Lipinski definition) is 6. The van der Waals surface area contributed by atoms with Crippen molar-refractivity contribution >= 4 is 23.5 Å². The molecule has 0 fully saturated rings. The van der Waals surface area contributed by atoms with Gasteiger partial charge in [0.1, 0.15) is 0 Å². The van der Waals surface area contributed by atoms with Crippen molar-refractivity contribution in [3.63, 3.8) is 0 Å². The first-order chi connectivity index (χ1) is 13.8. The van der Waals surface area contributed by atoms with E-state index in [2.05, 4.69) is 48.1 Å². The third-order valence-electron chi connectivity index (χ3n) is 4.05. The van der Waals surface area contributed by atoms with Crippen molar-refractivity contribution in [2.24, 2.45) is 16.9 Å². The van der Waals surface area contributed by atoms with Crippen LogP contribution in [0.15, 0.2) is 47.8 Å². The number of hydrazone groups is 1. The second kappa shape index (κ2) is 10.3. The lowest BCUT2D eigenvalue weighted by Crippen LogP contribution is -2.32. The number of carbonyl (C=O) groups excluding carboxylic acids is 1. The van der Waals surface area contributed by atoms with E-state index < -0.39 is 4.92 Å². The average molecular weight is 397 g/mol. The molecule has 1 heterocycles. The molecular weight excluding hydrogens is 370 g/mol. The van der Waals surface area contributed by atoms with Gasteiger partial charge in [-0.15, -0.1) is 0 Å². The van der Waals surface area contributed by atoms with E-state index in [1.807, 2.05) is 0 Å². The zero-order valence-corrected chi connectivity index (χ0v) is 17.2. The number of nitrogens with zero attached hydrogens (tertiary/aromatic N) is 4. The third kappa shape index (κ3) is 6.67. The number of non-ortho nitro benzene ring substituents is 1. The largest absolute Gasteiger partial charge is 0.370 e. The highest BCUT2D eigenvalue weighted by Gasteiger charge is 2.17. The highest BCUT2D eigenvalue weighted by atomic mass is 16.6. The summed E-state index contributed by atoms with van der Waals surface area (Å²) in [5, 5.41) is 15.3. The van der Waals surface area contributed by atoms with Gasteiger partial charge in [0.25, 0.3) is 11.6 Å². The van der Waals surface area contributed by atoms with Gasteiger partial charge in [-0.25, -0.2) is 5.43 Å². The van der Waals surface area contributed by atoms with Crippen LogP contribution in [0.5, 0.6) is 0 Å². The second-order valence-electron chi connectivity index (χ2n) is 7.63. The number of rotatable bonds is 9. The molecular formula is C21H27N5O3. The number of hydrogen-bond donors (Lipinski definition) is 1. The molecule has 0 aliphatic heterocycles. The molecule has 1 N–H and O–H groups in total. The average Bonchev–Trinajstić information content (AvgIpc) is 2.67. The Labute approximate surface area is 170 Å². The quantitative estimate of drug-likeness (QED) is 0.393. The lowest BCUT2D eigenvalue weighted by Gasteiger charge is -2.29. The lowest BCUT2D eigenvalue weighted by atomic mass is 10.1. The minimum atomic E-state index is -0.439. The Balaban J connectivity index is 2.32. The molecule has 0 radical (unpaired) electrons. The summed E-state index contributed by atoms with van der Waals surface area (Å²) in [5.41, 5.74) is 4.29. The van der Waals surface area contributed by atoms with E-state index >= 15 is 0 Å². The number of aromatic nitrogens is 1. The summed E-state index contributed by atoms with van der Waals surface area (Å²) in [6.07, 6.45) is 4.50. The number of pyridine rings is 1. The van der Waals surface area contributed by atoms with E-state index in [1.165, 1.54) is 30.7 Å². The minimum Gasteiger partial charge on any atom is -0.370 e. The fourth-order valence-electron chi connectivity index (χ4n) is 2.93. The molecule has 2 rings (SSSR count). The first kappa shape index (κ1) is 22.0. The number of anilines is 1. The fourth-order valence-corrected chi connectivity index (χ4v) is 2.93. The van der Waals surface area contributed by atoms with Crippen LogP contribution in [0.1, 0.15) is 43.6 Å². The number of amides is 1. The number of carbonyl (C=O) groups is 1. The molecule has 0 aliphatic rings. The summed E-state index contributed by atoms with van der Waals surface area (Å²) >= 11 is 0. The number of benzene rings is 1. The monoisotopic (exact) mass is 397 g/mol. The molecule has 0 unspecified atom stereocenters. The minimum absolute atomic E-state index is 0.0234. The number of nitrogens with one attached hydrogen (secondary N) is 1. The van der Waals surface area contributed by atoms with E-state index in [0.717, 1.165) is 18.8 Å². The predicted molar refractivity (Wildman–Crippen MR) is 114 cm³/mol. The SMILES string of the molecule is CC(C)CN(CC(C)C)c1ccc([N+](=O)[O-])cc1C=NNC(=O)c1ccncc1. The molecule has 1 aromatic carbocycles. The molecule has 0 spiro atoms. The summed E-state index contributed by atoms with van der Waals surface area (Å²) in [5.74, 6) is 0.456. The molecule has 1 amide bonds. The van der Waals surface area contributed by atoms with Crippen LogP contribution >= 0.6 is 0 Å². The zero-order valence-electron chi connectivity index (χ0n) is 17.2. The Morgan fingerprint density at radius 3 is 2.34 bits per heavy atom. The van der Waals surface area contributed by atoms with E-state index in [-0.39, 0.29) is 11.6 Å². The third-order valence-corrected chi connectivity index (χ3v) is 4.05. The highest BCUT2D eigenvalue weighted by molar-refractivity contribution is 5.95. The van der Waals surface area contributed by atoms with Crippen LogP contribution in [0.2, 0.25) is 0 Å². The van der Waals surface area contributed by atoms with Crippen LogP contribution in [0.4, 0.5) is 11.4 Å². The van der Waals surface area contributed by atoms with E-state index in [9.17, 15) is 14.9 Å². The summed E-state index contributed by atoms with van der Waals surface area (Å²) < 4.78 is 0. The lowest BCUT2D eigenvalue weighted by molar-refractivity contribution is -0.384. The summed E-state index contributed by atoms with van der Waals surface area (Å²) in [7, 11) is 0. The second-order valence-corrected chi connectivity index (χ2v) is 7.63. The van der Waals surface area contributed by atoms with Crippen LogP contribution in [-0.4, -0.2) is 35.1 Å². The van der Waals surface area contributed by atoms with Crippen molar-refractivity contribution < 1.29 is 9.72 Å². The molecule has 8 nitrogen and oxygen atoms in total. The van der Waals surface area contributed by atoms with Gasteiger partial charge >= 0.3 is 0 Å². The molecule has 0 atom stereocenters. The van der Waals surface area contributed by atoms with Crippen molar-refractivity contribution in [2.75, 3.05) is 18.0 Å². The summed E-state index contributed by atoms with van der Waals surface area (Å²) in [6, 6.07) is 7.88. The van der Waals surface area contributed by atoms with Crippen molar-refractivity contribution in [1.29, 1.82) is 0 Å². The zero-order chi connectivity index (χ0) is 21.4. The Kier molecular flexibility index (Phi) is 7.82. The first-order valence-electron chi connectivity index (χ1n) is 9.54. The van der Waals surface area contributed by atoms with Crippen molar-refractivity contribution in [1.82, 2.24) is 10.4 Å². The van der Waals surface area contributed by atoms with Crippen molar-refractivity contribution in [2.45, 2.75) is 27.7 Å². The summed E-state index contributed by atoms with van der Waals surface area (Å²) in [6.45, 7) is 10.1. The first-order valence-corrected chi connectivity index (χ1v) is 9.54. The molecule has 0 saturated heterocycles. The molecule has 0 aliphatic carbocycles. The van der Waals surface area contributed by atoms with Gasteiger partial charge in [-0.1, -0.05) is 27.7 Å². The standard InChI is InChI=1S/C21H27N5O3/c1-15(2)13-25(14-16(3)4)20-6-5-19(26(28)29)11-18(20)12-23-24-21(27)17-7-9-22-10-8-17/h5-12,15-16H,13-14H2,1-4H3,(H,24,27). The maximum Gasteiger partial charge on any atom is 0.271 e. The van der Waals surface area contributed by atoms with Gasteiger partial charge in [-0.3, -0.25) is 19.9 Å². The van der Waals surface area contributed by atoms with Gasteiger partial charge in [0.15, 0.2) is 0 Å². The Morgan fingerprint density at radius 1 is 1.17 bits per heavy atom. The molecule has 29 heavy (non-hydrogen) atoms. The highest BCUT2D eigenvalue weighted by Crippen LogP contribution is 2.26. The maximum absolute atomic E-state index is 12.1. The molecule has 2 aromatic rings. The van der Waals surface area contributed by atoms with Gasteiger partial charge in [0, 0.05) is 54.4 Å². The molecule has 0 bridgehead atoms. The molecule has 8 heteroatoms. The topological polar surface area (TPSA) is 101 Å². The normalized spacial score (nSPS) is 11.2. The number of nitro benzene ring substituents is 1. The van der Waals surface area contributed by atoms with E-state index in [4.69, 9.17) is 0 Å². The maximum atomic E-state index is 12.1. The van der Waals surface area contributed by atoms with E-state index in [0.29, 0.717) is 23.0 Å². The van der Waals surface area contributed by atoms with Crippen molar-refractivity contribution in [3.8, 4) is 0 Å². The molecule has 0 saturated carbocycles. The van der Waals surface area contributed by atoms with Crippen molar-refractivity contribution in [3.05, 3.63) is 64.0 Å². The van der Waals surface area contributed by atoms with Gasteiger partial charge in [-0.2, -0.15) is 5.10 Å². The molecule has 1 aromatic heterocycles.